The van der Waals surface area contributed by atoms with Gasteiger partial charge in [-0.25, -0.2) is 0 Å². The maximum absolute atomic E-state index is 3.71. The molecule has 1 unspecified atom stereocenters. The number of nitrogens with one attached hydrogen (secondary N) is 1. The van der Waals surface area contributed by atoms with Crippen LogP contribution >= 0.6 is 11.3 Å². The highest BCUT2D eigenvalue weighted by Gasteiger charge is 2.45. The molecule has 0 amide bonds. The van der Waals surface area contributed by atoms with Crippen LogP contribution in [0.2, 0.25) is 0 Å². The molecule has 21 heavy (non-hydrogen) atoms. The zero-order valence-corrected chi connectivity index (χ0v) is 14.3. The monoisotopic (exact) mass is 306 g/mol. The fourth-order valence-corrected chi connectivity index (χ4v) is 5.34. The Kier molecular flexibility index (Phi) is 5.36. The highest BCUT2D eigenvalue weighted by atomic mass is 32.1. The zero-order chi connectivity index (χ0) is 14.5. The molecule has 2 heterocycles. The van der Waals surface area contributed by atoms with Gasteiger partial charge < -0.3 is 5.32 Å². The Labute approximate surface area is 133 Å². The normalized spacial score (nSPS) is 24.2. The first-order valence-corrected chi connectivity index (χ1v) is 9.73. The smallest absolute Gasteiger partial charge is 0.0362 e. The third-order valence-electron chi connectivity index (χ3n) is 5.75. The van der Waals surface area contributed by atoms with E-state index in [-0.39, 0.29) is 0 Å². The lowest BCUT2D eigenvalue weighted by Crippen LogP contribution is -2.60. The fourth-order valence-electron chi connectivity index (χ4n) is 4.64. The summed E-state index contributed by atoms with van der Waals surface area (Å²) in [6.45, 7) is 2.66. The number of likely N-dealkylation sites (N-methyl/N-ethyl adjacent to an activating group) is 1. The van der Waals surface area contributed by atoms with E-state index in [1.54, 1.807) is 0 Å². The van der Waals surface area contributed by atoms with Crippen LogP contribution in [0.25, 0.3) is 0 Å². The van der Waals surface area contributed by atoms with Crippen LogP contribution in [0.4, 0.5) is 0 Å². The van der Waals surface area contributed by atoms with E-state index in [0.717, 1.165) is 0 Å². The molecule has 1 saturated carbocycles. The van der Waals surface area contributed by atoms with Crippen LogP contribution in [0.5, 0.6) is 0 Å². The van der Waals surface area contributed by atoms with Gasteiger partial charge in [-0.05, 0) is 81.1 Å². The van der Waals surface area contributed by atoms with Crippen LogP contribution in [-0.4, -0.2) is 36.6 Å². The molecule has 2 nitrogen and oxygen atoms in total. The Morgan fingerprint density at radius 3 is 2.57 bits per heavy atom. The summed E-state index contributed by atoms with van der Waals surface area (Å²) in [5, 5.41) is 8.23. The zero-order valence-electron chi connectivity index (χ0n) is 13.4. The van der Waals surface area contributed by atoms with Crippen molar-refractivity contribution in [1.29, 1.82) is 0 Å². The van der Waals surface area contributed by atoms with Crippen LogP contribution in [0.3, 0.4) is 0 Å². The Balaban J connectivity index is 1.70. The van der Waals surface area contributed by atoms with Gasteiger partial charge in [0.05, 0.1) is 0 Å². The molecular formula is C18H30N2S. The van der Waals surface area contributed by atoms with Crippen molar-refractivity contribution in [2.45, 2.75) is 69.4 Å². The van der Waals surface area contributed by atoms with E-state index in [1.807, 2.05) is 11.3 Å². The minimum atomic E-state index is 0.450. The molecule has 1 atom stereocenters. The number of piperidine rings is 1. The quantitative estimate of drug-likeness (QED) is 0.852. The molecular weight excluding hydrogens is 276 g/mol. The van der Waals surface area contributed by atoms with Crippen LogP contribution in [0.1, 0.15) is 56.9 Å². The number of thiophene rings is 1. The molecule has 2 fully saturated rings. The molecule has 1 saturated heterocycles. The summed E-state index contributed by atoms with van der Waals surface area (Å²) in [4.78, 5) is 2.86. The summed E-state index contributed by atoms with van der Waals surface area (Å²) in [7, 11) is 2.18. The second kappa shape index (κ2) is 7.26. The molecule has 1 aliphatic carbocycles. The molecule has 1 aromatic heterocycles. The van der Waals surface area contributed by atoms with Gasteiger partial charge in [-0.1, -0.05) is 19.3 Å². The van der Waals surface area contributed by atoms with E-state index in [4.69, 9.17) is 0 Å². The van der Waals surface area contributed by atoms with E-state index in [0.29, 0.717) is 11.6 Å². The predicted molar refractivity (Wildman–Crippen MR) is 92.1 cm³/mol. The van der Waals surface area contributed by atoms with E-state index < -0.39 is 0 Å². The Morgan fingerprint density at radius 2 is 1.95 bits per heavy atom. The predicted octanol–water partition coefficient (Wildman–Crippen LogP) is 4.07. The average Bonchev–Trinajstić information content (AvgIpc) is 3.21. The largest absolute Gasteiger partial charge is 0.315 e. The summed E-state index contributed by atoms with van der Waals surface area (Å²) < 4.78 is 0. The van der Waals surface area contributed by atoms with Crippen LogP contribution in [0.15, 0.2) is 16.8 Å². The van der Waals surface area contributed by atoms with Crippen LogP contribution < -0.4 is 5.32 Å². The van der Waals surface area contributed by atoms with Gasteiger partial charge in [0.2, 0.25) is 0 Å². The number of nitrogens with zero attached hydrogens (tertiary/aromatic N) is 1. The van der Waals surface area contributed by atoms with E-state index in [2.05, 4.69) is 34.1 Å². The first kappa shape index (κ1) is 15.5. The molecule has 0 bridgehead atoms. The fraction of sp³-hybridized carbons (Fsp3) is 0.778. The van der Waals surface area contributed by atoms with Crippen LogP contribution in [0, 0.1) is 0 Å². The van der Waals surface area contributed by atoms with Crippen molar-refractivity contribution in [3.05, 3.63) is 22.4 Å². The minimum Gasteiger partial charge on any atom is -0.315 e. The van der Waals surface area contributed by atoms with Gasteiger partial charge >= 0.3 is 0 Å². The number of rotatable bonds is 6. The van der Waals surface area contributed by atoms with Gasteiger partial charge in [-0.3, -0.25) is 4.90 Å². The lowest BCUT2D eigenvalue weighted by atomic mass is 9.81. The van der Waals surface area contributed by atoms with Crippen molar-refractivity contribution in [3.8, 4) is 0 Å². The summed E-state index contributed by atoms with van der Waals surface area (Å²) in [5.41, 5.74) is 1.97. The molecule has 3 heteroatoms. The second-order valence-corrected chi connectivity index (χ2v) is 7.65. The van der Waals surface area contributed by atoms with Gasteiger partial charge in [0.25, 0.3) is 0 Å². The molecule has 3 rings (SSSR count). The lowest BCUT2D eigenvalue weighted by molar-refractivity contribution is 0.0364. The molecule has 0 spiro atoms. The van der Waals surface area contributed by atoms with Gasteiger partial charge in [-0.2, -0.15) is 11.3 Å². The summed E-state index contributed by atoms with van der Waals surface area (Å²) in [6, 6.07) is 2.94. The molecule has 1 N–H and O–H groups in total. The van der Waals surface area contributed by atoms with Crippen molar-refractivity contribution in [2.75, 3.05) is 20.1 Å². The lowest BCUT2D eigenvalue weighted by Gasteiger charge is -2.48. The standard InChI is InChI=1S/C18H30N2S/c1-19-17(8-7-16-9-14-21-15-16)18(10-3-4-11-18)20-12-5-2-6-13-20/h9,14-15,17,19H,2-8,10-13H2,1H3. The molecule has 0 aromatic carbocycles. The highest BCUT2D eigenvalue weighted by molar-refractivity contribution is 7.07. The van der Waals surface area contributed by atoms with Gasteiger partial charge in [0.1, 0.15) is 0 Å². The van der Waals surface area contributed by atoms with E-state index in [9.17, 15) is 0 Å². The first-order valence-electron chi connectivity index (χ1n) is 8.78. The third kappa shape index (κ3) is 3.35. The number of likely N-dealkylation sites (tertiary alicyclic amines) is 1. The molecule has 1 aliphatic heterocycles. The highest BCUT2D eigenvalue weighted by Crippen LogP contribution is 2.40. The van der Waals surface area contributed by atoms with Gasteiger partial charge in [-0.15, -0.1) is 0 Å². The number of hydrogen-bond acceptors (Lipinski definition) is 3. The first-order chi connectivity index (χ1) is 10.3. The van der Waals surface area contributed by atoms with Crippen molar-refractivity contribution >= 4 is 11.3 Å². The van der Waals surface area contributed by atoms with Crippen molar-refractivity contribution in [1.82, 2.24) is 10.2 Å². The molecule has 118 valence electrons. The van der Waals surface area contributed by atoms with Gasteiger partial charge in [0, 0.05) is 11.6 Å². The Morgan fingerprint density at radius 1 is 1.19 bits per heavy atom. The molecule has 2 aliphatic rings. The SMILES string of the molecule is CNC(CCc1ccsc1)C1(N2CCCCC2)CCCC1. The van der Waals surface area contributed by atoms with Crippen molar-refractivity contribution in [2.24, 2.45) is 0 Å². The van der Waals surface area contributed by atoms with Gasteiger partial charge in [0.15, 0.2) is 0 Å². The van der Waals surface area contributed by atoms with E-state index >= 15 is 0 Å². The summed E-state index contributed by atoms with van der Waals surface area (Å²) in [5.74, 6) is 0. The Bertz CT molecular complexity index is 403. The van der Waals surface area contributed by atoms with Crippen molar-refractivity contribution < 1.29 is 0 Å². The maximum atomic E-state index is 3.71. The van der Waals surface area contributed by atoms with Crippen LogP contribution in [-0.2, 0) is 6.42 Å². The number of hydrogen-bond donors (Lipinski definition) is 1. The van der Waals surface area contributed by atoms with Crippen molar-refractivity contribution in [3.63, 3.8) is 0 Å². The summed E-state index contributed by atoms with van der Waals surface area (Å²) in [6.07, 6.45) is 12.4. The summed E-state index contributed by atoms with van der Waals surface area (Å²) >= 11 is 1.83. The minimum absolute atomic E-state index is 0.450. The third-order valence-corrected chi connectivity index (χ3v) is 6.49. The molecule has 0 radical (unpaired) electrons. The Hall–Kier alpha value is -0.380. The topological polar surface area (TPSA) is 15.3 Å². The molecule has 1 aromatic rings. The average molecular weight is 307 g/mol. The van der Waals surface area contributed by atoms with E-state index in [1.165, 1.54) is 76.4 Å². The second-order valence-electron chi connectivity index (χ2n) is 6.87. The number of aryl methyl sites for hydroxylation is 1. The maximum Gasteiger partial charge on any atom is 0.0362 e.